The van der Waals surface area contributed by atoms with Crippen LogP contribution in [0.1, 0.15) is 10.6 Å². The van der Waals surface area contributed by atoms with Gasteiger partial charge in [-0.3, -0.25) is 4.79 Å². The molecule has 1 aromatic heterocycles. The Morgan fingerprint density at radius 3 is 2.62 bits per heavy atom. The van der Waals surface area contributed by atoms with E-state index in [9.17, 15) is 4.79 Å². The van der Waals surface area contributed by atoms with E-state index in [0.29, 0.717) is 43.0 Å². The molecule has 5 nitrogen and oxygen atoms in total. The Balaban J connectivity index is 1.86. The third-order valence-electron chi connectivity index (χ3n) is 3.57. The van der Waals surface area contributed by atoms with Crippen molar-refractivity contribution in [1.29, 1.82) is 0 Å². The van der Waals surface area contributed by atoms with Gasteiger partial charge in [-0.1, -0.05) is 23.2 Å². The molecule has 2 aromatic carbocycles. The molecule has 0 radical (unpaired) electrons. The molecule has 0 fully saturated rings. The van der Waals surface area contributed by atoms with Crippen LogP contribution >= 0.6 is 39.1 Å². The molecule has 3 aromatic rings. The van der Waals surface area contributed by atoms with E-state index in [-0.39, 0.29) is 5.76 Å². The van der Waals surface area contributed by atoms with Crippen LogP contribution in [0.25, 0.3) is 11.3 Å². The molecule has 0 saturated carbocycles. The van der Waals surface area contributed by atoms with E-state index >= 15 is 0 Å². The van der Waals surface area contributed by atoms with Crippen LogP contribution in [-0.4, -0.2) is 13.0 Å². The number of hydrogen-bond acceptors (Lipinski definition) is 4. The Labute approximate surface area is 168 Å². The number of hydrogen-bond donors (Lipinski definition) is 2. The average Bonchev–Trinajstić information content (AvgIpc) is 3.09. The molecule has 3 rings (SSSR count). The first kappa shape index (κ1) is 18.6. The molecule has 134 valence electrons. The van der Waals surface area contributed by atoms with Gasteiger partial charge in [-0.2, -0.15) is 0 Å². The largest absolute Gasteiger partial charge is 0.494 e. The number of carbonyl (C=O) groups excluding carboxylic acids is 1. The standard InChI is InChI=1S/C18H13BrCl2N2O3/c1-25-16-8-10(22)7-11(19)17(16)23-18(24)15-5-4-14(26-15)9-2-3-12(20)13(21)6-9/h2-8H,22H2,1H3,(H,23,24). The molecule has 0 atom stereocenters. The maximum Gasteiger partial charge on any atom is 0.291 e. The lowest BCUT2D eigenvalue weighted by Crippen LogP contribution is -2.12. The fourth-order valence-corrected chi connectivity index (χ4v) is 3.18. The summed E-state index contributed by atoms with van der Waals surface area (Å²) in [6, 6.07) is 11.6. The van der Waals surface area contributed by atoms with Crippen molar-refractivity contribution < 1.29 is 13.9 Å². The maximum absolute atomic E-state index is 12.5. The number of rotatable bonds is 4. The van der Waals surface area contributed by atoms with E-state index in [1.807, 2.05) is 0 Å². The number of anilines is 2. The zero-order chi connectivity index (χ0) is 18.8. The minimum atomic E-state index is -0.430. The molecule has 1 heterocycles. The Morgan fingerprint density at radius 2 is 1.92 bits per heavy atom. The first-order valence-electron chi connectivity index (χ1n) is 7.38. The van der Waals surface area contributed by atoms with Gasteiger partial charge in [0.25, 0.3) is 5.91 Å². The van der Waals surface area contributed by atoms with Crippen LogP contribution in [0, 0.1) is 0 Å². The van der Waals surface area contributed by atoms with Gasteiger partial charge in [0.1, 0.15) is 11.5 Å². The summed E-state index contributed by atoms with van der Waals surface area (Å²) >= 11 is 15.3. The van der Waals surface area contributed by atoms with Gasteiger partial charge in [0.15, 0.2) is 5.76 Å². The highest BCUT2D eigenvalue weighted by Gasteiger charge is 2.17. The van der Waals surface area contributed by atoms with Crippen molar-refractivity contribution in [2.24, 2.45) is 0 Å². The van der Waals surface area contributed by atoms with Gasteiger partial charge in [-0.15, -0.1) is 0 Å². The van der Waals surface area contributed by atoms with Crippen molar-refractivity contribution in [3.63, 3.8) is 0 Å². The fraction of sp³-hybridized carbons (Fsp3) is 0.0556. The number of benzene rings is 2. The number of nitrogens with one attached hydrogen (secondary N) is 1. The summed E-state index contributed by atoms with van der Waals surface area (Å²) in [6.07, 6.45) is 0. The Bertz CT molecular complexity index is 989. The van der Waals surface area contributed by atoms with Crippen molar-refractivity contribution in [1.82, 2.24) is 0 Å². The molecule has 0 aliphatic carbocycles. The SMILES string of the molecule is COc1cc(N)cc(Br)c1NC(=O)c1ccc(-c2ccc(Cl)c(Cl)c2)o1. The normalized spacial score (nSPS) is 10.6. The summed E-state index contributed by atoms with van der Waals surface area (Å²) in [6.45, 7) is 0. The second kappa shape index (κ2) is 7.61. The summed E-state index contributed by atoms with van der Waals surface area (Å²) in [5.41, 5.74) is 7.45. The van der Waals surface area contributed by atoms with Gasteiger partial charge in [-0.25, -0.2) is 0 Å². The van der Waals surface area contributed by atoms with Gasteiger partial charge >= 0.3 is 0 Å². The van der Waals surface area contributed by atoms with Gasteiger partial charge in [0.2, 0.25) is 0 Å². The highest BCUT2D eigenvalue weighted by atomic mass is 79.9. The topological polar surface area (TPSA) is 77.5 Å². The Hall–Kier alpha value is -2.15. The lowest BCUT2D eigenvalue weighted by molar-refractivity contribution is 0.0997. The number of furan rings is 1. The highest BCUT2D eigenvalue weighted by molar-refractivity contribution is 9.10. The molecule has 0 spiro atoms. The Kier molecular flexibility index (Phi) is 5.46. The maximum atomic E-state index is 12.5. The second-order valence-corrected chi connectivity index (χ2v) is 7.00. The molecule has 0 aliphatic rings. The lowest BCUT2D eigenvalue weighted by atomic mass is 10.2. The minimum Gasteiger partial charge on any atom is -0.494 e. The molecule has 8 heteroatoms. The zero-order valence-corrected chi connectivity index (χ0v) is 16.6. The zero-order valence-electron chi connectivity index (χ0n) is 13.5. The van der Waals surface area contributed by atoms with E-state index in [1.165, 1.54) is 7.11 Å². The summed E-state index contributed by atoms with van der Waals surface area (Å²) in [4.78, 5) is 12.5. The van der Waals surface area contributed by atoms with Gasteiger partial charge < -0.3 is 20.2 Å². The van der Waals surface area contributed by atoms with E-state index < -0.39 is 5.91 Å². The third-order valence-corrected chi connectivity index (χ3v) is 4.93. The predicted molar refractivity (Wildman–Crippen MR) is 107 cm³/mol. The minimum absolute atomic E-state index is 0.136. The Morgan fingerprint density at radius 1 is 1.15 bits per heavy atom. The van der Waals surface area contributed by atoms with Crippen molar-refractivity contribution in [2.45, 2.75) is 0 Å². The van der Waals surface area contributed by atoms with Crippen LogP contribution in [-0.2, 0) is 0 Å². The molecule has 0 aliphatic heterocycles. The van der Waals surface area contributed by atoms with Gasteiger partial charge in [0, 0.05) is 21.8 Å². The monoisotopic (exact) mass is 454 g/mol. The number of nitrogens with two attached hydrogens (primary N) is 1. The molecular weight excluding hydrogens is 443 g/mol. The molecule has 26 heavy (non-hydrogen) atoms. The van der Waals surface area contributed by atoms with Crippen LogP contribution < -0.4 is 15.8 Å². The smallest absolute Gasteiger partial charge is 0.291 e. The summed E-state index contributed by atoms with van der Waals surface area (Å²) in [5.74, 6) is 0.635. The van der Waals surface area contributed by atoms with Gasteiger partial charge in [-0.05, 0) is 52.3 Å². The van der Waals surface area contributed by atoms with E-state index in [2.05, 4.69) is 21.2 Å². The number of nitrogen functional groups attached to an aromatic ring is 1. The molecular formula is C18H13BrCl2N2O3. The number of amides is 1. The van der Waals surface area contributed by atoms with Crippen LogP contribution in [0.2, 0.25) is 10.0 Å². The van der Waals surface area contributed by atoms with Crippen molar-refractivity contribution in [3.8, 4) is 17.1 Å². The molecule has 0 unspecified atom stereocenters. The van der Waals surface area contributed by atoms with Crippen LogP contribution in [0.4, 0.5) is 11.4 Å². The molecule has 1 amide bonds. The van der Waals surface area contributed by atoms with Crippen molar-refractivity contribution in [2.75, 3.05) is 18.2 Å². The quantitative estimate of drug-likeness (QED) is 0.483. The highest BCUT2D eigenvalue weighted by Crippen LogP contribution is 2.36. The second-order valence-electron chi connectivity index (χ2n) is 5.33. The molecule has 0 saturated heterocycles. The van der Waals surface area contributed by atoms with Gasteiger partial charge in [0.05, 0.1) is 22.8 Å². The first-order chi connectivity index (χ1) is 12.4. The van der Waals surface area contributed by atoms with E-state index in [0.717, 1.165) is 0 Å². The molecule has 0 bridgehead atoms. The number of ether oxygens (including phenoxy) is 1. The van der Waals surface area contributed by atoms with Crippen molar-refractivity contribution >= 4 is 56.4 Å². The summed E-state index contributed by atoms with van der Waals surface area (Å²) in [7, 11) is 1.49. The van der Waals surface area contributed by atoms with Crippen LogP contribution in [0.5, 0.6) is 5.75 Å². The molecule has 3 N–H and O–H groups in total. The predicted octanol–water partition coefficient (Wildman–Crippen LogP) is 5.86. The van der Waals surface area contributed by atoms with Crippen LogP contribution in [0.15, 0.2) is 51.4 Å². The summed E-state index contributed by atoms with van der Waals surface area (Å²) < 4.78 is 11.5. The summed E-state index contributed by atoms with van der Waals surface area (Å²) in [5, 5.41) is 3.60. The van der Waals surface area contributed by atoms with Crippen LogP contribution in [0.3, 0.4) is 0 Å². The van der Waals surface area contributed by atoms with E-state index in [4.69, 9.17) is 38.1 Å². The number of halogens is 3. The number of methoxy groups -OCH3 is 1. The lowest BCUT2D eigenvalue weighted by Gasteiger charge is -2.12. The third kappa shape index (κ3) is 3.82. The van der Waals surface area contributed by atoms with Crippen molar-refractivity contribution in [3.05, 3.63) is 62.7 Å². The first-order valence-corrected chi connectivity index (χ1v) is 8.93. The van der Waals surface area contributed by atoms with E-state index in [1.54, 1.807) is 42.5 Å². The average molecular weight is 456 g/mol. The fourth-order valence-electron chi connectivity index (χ4n) is 2.32. The number of carbonyl (C=O) groups is 1.